The predicted molar refractivity (Wildman–Crippen MR) is 79.3 cm³/mol. The highest BCUT2D eigenvalue weighted by molar-refractivity contribution is 5.44. The van der Waals surface area contributed by atoms with Gasteiger partial charge in [-0.3, -0.25) is 4.98 Å². The van der Waals surface area contributed by atoms with Gasteiger partial charge in [0, 0.05) is 25.2 Å². The van der Waals surface area contributed by atoms with Gasteiger partial charge in [0.25, 0.3) is 0 Å². The number of nitrogens with one attached hydrogen (secondary N) is 1. The van der Waals surface area contributed by atoms with Crippen molar-refractivity contribution < 1.29 is 13.2 Å². The molecule has 0 saturated carbocycles. The third-order valence-corrected chi connectivity index (χ3v) is 4.06. The summed E-state index contributed by atoms with van der Waals surface area (Å²) >= 11 is 0. The molecule has 0 aliphatic carbocycles. The summed E-state index contributed by atoms with van der Waals surface area (Å²) in [5.41, 5.74) is 0.855. The zero-order chi connectivity index (χ0) is 16.6. The lowest BCUT2D eigenvalue weighted by Crippen LogP contribution is -2.36. The van der Waals surface area contributed by atoms with E-state index in [0.717, 1.165) is 42.8 Å². The first-order valence-corrected chi connectivity index (χ1v) is 7.52. The number of aromatic amines is 1. The lowest BCUT2D eigenvalue weighted by atomic mass is 9.97. The van der Waals surface area contributed by atoms with E-state index in [2.05, 4.69) is 24.8 Å². The highest BCUT2D eigenvalue weighted by Gasteiger charge is 2.34. The second-order valence-corrected chi connectivity index (χ2v) is 5.89. The topological polar surface area (TPSA) is 57.7 Å². The number of piperidine rings is 1. The van der Waals surface area contributed by atoms with Crippen molar-refractivity contribution in [3.05, 3.63) is 35.3 Å². The summed E-state index contributed by atoms with van der Waals surface area (Å²) in [6.07, 6.45) is -0.131. The molecule has 2 aromatic rings. The van der Waals surface area contributed by atoms with Crippen LogP contribution in [0, 0.1) is 13.8 Å². The number of anilines is 1. The Hall–Kier alpha value is -2.12. The average molecular weight is 325 g/mol. The number of nitrogens with zero attached hydrogens (tertiary/aromatic N) is 4. The van der Waals surface area contributed by atoms with Gasteiger partial charge < -0.3 is 9.88 Å². The van der Waals surface area contributed by atoms with Crippen LogP contribution in [0.4, 0.5) is 19.0 Å². The molecule has 1 fully saturated rings. The molecular formula is C15H18F3N5. The zero-order valence-corrected chi connectivity index (χ0v) is 13.0. The van der Waals surface area contributed by atoms with Gasteiger partial charge in [-0.2, -0.15) is 13.2 Å². The largest absolute Gasteiger partial charge is 0.432 e. The number of halogens is 3. The molecule has 3 rings (SSSR count). The molecule has 1 aliphatic heterocycles. The van der Waals surface area contributed by atoms with Crippen LogP contribution in [-0.4, -0.2) is 33.0 Å². The fraction of sp³-hybridized carbons (Fsp3) is 0.533. The number of hydrogen-bond donors (Lipinski definition) is 1. The number of alkyl halides is 3. The van der Waals surface area contributed by atoms with Crippen LogP contribution < -0.4 is 4.90 Å². The monoisotopic (exact) mass is 325 g/mol. The Labute approximate surface area is 132 Å². The summed E-state index contributed by atoms with van der Waals surface area (Å²) in [6, 6.07) is 0. The fourth-order valence-corrected chi connectivity index (χ4v) is 2.91. The highest BCUT2D eigenvalue weighted by atomic mass is 19.4. The first kappa shape index (κ1) is 15.8. The molecule has 1 atom stereocenters. The second kappa shape index (κ2) is 5.82. The first-order chi connectivity index (χ1) is 10.8. The van der Waals surface area contributed by atoms with Crippen molar-refractivity contribution in [2.24, 2.45) is 0 Å². The molecule has 0 unspecified atom stereocenters. The summed E-state index contributed by atoms with van der Waals surface area (Å²) in [5, 5.41) is 0. The van der Waals surface area contributed by atoms with Crippen molar-refractivity contribution in [2.45, 2.75) is 38.8 Å². The van der Waals surface area contributed by atoms with Crippen molar-refractivity contribution in [2.75, 3.05) is 18.0 Å². The summed E-state index contributed by atoms with van der Waals surface area (Å²) in [6.45, 7) is 5.17. The van der Waals surface area contributed by atoms with Gasteiger partial charge in [-0.25, -0.2) is 9.97 Å². The van der Waals surface area contributed by atoms with E-state index >= 15 is 0 Å². The summed E-state index contributed by atoms with van der Waals surface area (Å²) in [7, 11) is 0. The molecule has 0 amide bonds. The third kappa shape index (κ3) is 3.30. The average Bonchev–Trinajstić information content (AvgIpc) is 3.00. The Balaban J connectivity index is 1.81. The van der Waals surface area contributed by atoms with Crippen molar-refractivity contribution in [1.29, 1.82) is 0 Å². The van der Waals surface area contributed by atoms with E-state index in [1.807, 2.05) is 13.8 Å². The van der Waals surface area contributed by atoms with Crippen LogP contribution in [0.1, 0.15) is 41.7 Å². The van der Waals surface area contributed by atoms with Crippen LogP contribution in [0.3, 0.4) is 0 Å². The molecule has 5 nitrogen and oxygen atoms in total. The maximum absolute atomic E-state index is 12.7. The van der Waals surface area contributed by atoms with E-state index in [-0.39, 0.29) is 5.92 Å². The van der Waals surface area contributed by atoms with Gasteiger partial charge in [0.2, 0.25) is 0 Å². The zero-order valence-electron chi connectivity index (χ0n) is 13.0. The molecule has 0 radical (unpaired) electrons. The molecule has 0 bridgehead atoms. The Morgan fingerprint density at radius 2 is 2.00 bits per heavy atom. The Morgan fingerprint density at radius 1 is 1.22 bits per heavy atom. The summed E-state index contributed by atoms with van der Waals surface area (Å²) in [5.74, 6) is 1.12. The maximum Gasteiger partial charge on any atom is 0.432 e. The van der Waals surface area contributed by atoms with Crippen molar-refractivity contribution in [1.82, 2.24) is 19.9 Å². The van der Waals surface area contributed by atoms with Gasteiger partial charge in [0.05, 0.1) is 17.6 Å². The van der Waals surface area contributed by atoms with Crippen LogP contribution in [-0.2, 0) is 6.18 Å². The predicted octanol–water partition coefficient (Wildman–Crippen LogP) is 3.22. The Bertz CT molecular complexity index is 695. The third-order valence-electron chi connectivity index (χ3n) is 4.06. The molecule has 2 aromatic heterocycles. The Kier molecular flexibility index (Phi) is 3.99. The van der Waals surface area contributed by atoms with Gasteiger partial charge in [-0.05, 0) is 26.7 Å². The number of rotatable bonds is 2. The first-order valence-electron chi connectivity index (χ1n) is 7.52. The number of hydrogen-bond acceptors (Lipinski definition) is 4. The quantitative estimate of drug-likeness (QED) is 0.921. The summed E-state index contributed by atoms with van der Waals surface area (Å²) < 4.78 is 38.1. The molecule has 23 heavy (non-hydrogen) atoms. The number of aromatic nitrogens is 4. The minimum atomic E-state index is -4.39. The molecule has 0 spiro atoms. The van der Waals surface area contributed by atoms with Crippen molar-refractivity contribution >= 4 is 5.82 Å². The van der Waals surface area contributed by atoms with Crippen molar-refractivity contribution in [3.8, 4) is 0 Å². The number of H-pyrrole nitrogens is 1. The molecule has 3 heterocycles. The molecule has 8 heteroatoms. The lowest BCUT2D eigenvalue weighted by Gasteiger charge is -2.33. The standard InChI is InChI=1S/C15H18F3N5/c1-9-6-19-10(2)14(21-9)23-5-3-4-11(8-23)13-20-7-12(22-13)15(16,17)18/h6-7,11H,3-5,8H2,1-2H3,(H,20,22)/t11-/m0/s1. The van der Waals surface area contributed by atoms with Gasteiger partial charge in [-0.15, -0.1) is 0 Å². The highest BCUT2D eigenvalue weighted by Crippen LogP contribution is 2.32. The smallest absolute Gasteiger partial charge is 0.354 e. The SMILES string of the molecule is Cc1cnc(C)c(N2CCC[C@H](c3ncc(C(F)(F)F)[nH]3)C2)n1. The molecule has 1 N–H and O–H groups in total. The molecule has 1 aliphatic rings. The van der Waals surface area contributed by atoms with E-state index < -0.39 is 11.9 Å². The molecule has 0 aromatic carbocycles. The minimum absolute atomic E-state index is 0.0680. The van der Waals surface area contributed by atoms with Crippen LogP contribution in [0.5, 0.6) is 0 Å². The van der Waals surface area contributed by atoms with E-state index in [4.69, 9.17) is 0 Å². The van der Waals surface area contributed by atoms with Crippen LogP contribution in [0.25, 0.3) is 0 Å². The van der Waals surface area contributed by atoms with Crippen LogP contribution in [0.15, 0.2) is 12.4 Å². The van der Waals surface area contributed by atoms with E-state index in [1.54, 1.807) is 6.20 Å². The van der Waals surface area contributed by atoms with Gasteiger partial charge in [0.15, 0.2) is 0 Å². The van der Waals surface area contributed by atoms with Gasteiger partial charge in [0.1, 0.15) is 17.3 Å². The van der Waals surface area contributed by atoms with E-state index in [9.17, 15) is 13.2 Å². The minimum Gasteiger partial charge on any atom is -0.354 e. The number of imidazole rings is 1. The van der Waals surface area contributed by atoms with Crippen LogP contribution >= 0.6 is 0 Å². The second-order valence-electron chi connectivity index (χ2n) is 5.89. The fourth-order valence-electron chi connectivity index (χ4n) is 2.91. The molecule has 1 saturated heterocycles. The van der Waals surface area contributed by atoms with E-state index in [0.29, 0.717) is 12.4 Å². The number of aryl methyl sites for hydroxylation is 2. The van der Waals surface area contributed by atoms with E-state index in [1.165, 1.54) is 0 Å². The molecular weight excluding hydrogens is 307 g/mol. The van der Waals surface area contributed by atoms with Crippen LogP contribution in [0.2, 0.25) is 0 Å². The summed E-state index contributed by atoms with van der Waals surface area (Å²) in [4.78, 5) is 17.3. The normalized spacial score (nSPS) is 19.2. The Morgan fingerprint density at radius 3 is 2.70 bits per heavy atom. The molecule has 124 valence electrons. The van der Waals surface area contributed by atoms with Gasteiger partial charge in [-0.1, -0.05) is 0 Å². The van der Waals surface area contributed by atoms with Crippen molar-refractivity contribution in [3.63, 3.8) is 0 Å². The lowest BCUT2D eigenvalue weighted by molar-refractivity contribution is -0.141. The van der Waals surface area contributed by atoms with Gasteiger partial charge >= 0.3 is 6.18 Å². The maximum atomic E-state index is 12.7.